The average Bonchev–Trinajstić information content (AvgIpc) is 3.06. The molecule has 3 aromatic rings. The van der Waals surface area contributed by atoms with Gasteiger partial charge in [0.15, 0.2) is 5.58 Å². The Morgan fingerprint density at radius 3 is 2.96 bits per heavy atom. The van der Waals surface area contributed by atoms with Crippen molar-refractivity contribution in [3.05, 3.63) is 59.3 Å². The molecule has 0 radical (unpaired) electrons. The molecule has 0 saturated heterocycles. The fraction of sp³-hybridized carbons (Fsp3) is 0.381. The van der Waals surface area contributed by atoms with Crippen LogP contribution in [0.2, 0.25) is 0 Å². The van der Waals surface area contributed by atoms with E-state index < -0.39 is 6.10 Å². The Hall–Kier alpha value is -2.37. The number of hydrogen-bond acceptors (Lipinski definition) is 5. The highest BCUT2D eigenvalue weighted by molar-refractivity contribution is 5.85. The lowest BCUT2D eigenvalue weighted by Crippen LogP contribution is -2.40. The summed E-state index contributed by atoms with van der Waals surface area (Å²) in [5.41, 5.74) is 4.36. The molecule has 0 bridgehead atoms. The Morgan fingerprint density at radius 2 is 2.08 bits per heavy atom. The van der Waals surface area contributed by atoms with Crippen LogP contribution in [0.3, 0.4) is 0 Å². The Bertz CT molecular complexity index is 890. The fourth-order valence-corrected chi connectivity index (χ4v) is 3.65. The molecule has 0 saturated carbocycles. The SMILES string of the molecule is Cc1noc2cccc(OCC(O)CNC3CCc4ccccc4C3)c12. The number of benzene rings is 2. The topological polar surface area (TPSA) is 67.5 Å². The molecule has 2 atom stereocenters. The Morgan fingerprint density at radius 1 is 1.23 bits per heavy atom. The normalized spacial score (nSPS) is 17.8. The molecule has 5 nitrogen and oxygen atoms in total. The van der Waals surface area contributed by atoms with Crippen molar-refractivity contribution in [2.45, 2.75) is 38.3 Å². The van der Waals surface area contributed by atoms with Gasteiger partial charge in [-0.1, -0.05) is 35.5 Å². The zero-order valence-electron chi connectivity index (χ0n) is 14.9. The number of fused-ring (bicyclic) bond motifs is 2. The van der Waals surface area contributed by atoms with Gasteiger partial charge in [0.2, 0.25) is 0 Å². The Labute approximate surface area is 153 Å². The van der Waals surface area contributed by atoms with Gasteiger partial charge in [0, 0.05) is 12.6 Å². The summed E-state index contributed by atoms with van der Waals surface area (Å²) in [5.74, 6) is 0.701. The van der Waals surface area contributed by atoms with Crippen LogP contribution in [-0.2, 0) is 12.8 Å². The summed E-state index contributed by atoms with van der Waals surface area (Å²) in [6.45, 7) is 2.64. The van der Waals surface area contributed by atoms with Crippen LogP contribution in [0.15, 0.2) is 47.0 Å². The summed E-state index contributed by atoms with van der Waals surface area (Å²) in [5, 5.41) is 18.6. The molecule has 1 aromatic heterocycles. The molecule has 1 heterocycles. The number of ether oxygens (including phenoxy) is 1. The largest absolute Gasteiger partial charge is 0.490 e. The number of rotatable bonds is 6. The lowest BCUT2D eigenvalue weighted by molar-refractivity contribution is 0.104. The molecule has 136 valence electrons. The highest BCUT2D eigenvalue weighted by atomic mass is 16.5. The maximum Gasteiger partial charge on any atom is 0.170 e. The standard InChI is InChI=1S/C21H24N2O3/c1-14-21-19(7-4-8-20(21)26-23-14)25-13-18(24)12-22-17-10-9-15-5-2-3-6-16(15)11-17/h2-8,17-18,22,24H,9-13H2,1H3. The maximum atomic E-state index is 10.3. The first-order chi connectivity index (χ1) is 12.7. The van der Waals surface area contributed by atoms with Gasteiger partial charge in [-0.3, -0.25) is 0 Å². The molecule has 0 spiro atoms. The number of hydrogen-bond donors (Lipinski definition) is 2. The fourth-order valence-electron chi connectivity index (χ4n) is 3.65. The minimum Gasteiger partial charge on any atom is -0.490 e. The van der Waals surface area contributed by atoms with Crippen LogP contribution >= 0.6 is 0 Å². The lowest BCUT2D eigenvalue weighted by atomic mass is 9.88. The minimum absolute atomic E-state index is 0.236. The predicted molar refractivity (Wildman–Crippen MR) is 101 cm³/mol. The second-order valence-electron chi connectivity index (χ2n) is 6.98. The van der Waals surface area contributed by atoms with Crippen molar-refractivity contribution in [3.8, 4) is 5.75 Å². The minimum atomic E-state index is -0.567. The van der Waals surface area contributed by atoms with E-state index >= 15 is 0 Å². The number of aliphatic hydroxyl groups excluding tert-OH is 1. The molecule has 5 heteroatoms. The number of nitrogens with zero attached hydrogens (tertiary/aromatic N) is 1. The van der Waals surface area contributed by atoms with E-state index in [0.717, 1.165) is 30.3 Å². The van der Waals surface area contributed by atoms with Gasteiger partial charge in [0.1, 0.15) is 18.5 Å². The van der Waals surface area contributed by atoms with Crippen molar-refractivity contribution in [1.82, 2.24) is 10.5 Å². The van der Waals surface area contributed by atoms with Crippen molar-refractivity contribution < 1.29 is 14.4 Å². The van der Waals surface area contributed by atoms with E-state index in [2.05, 4.69) is 34.7 Å². The van der Waals surface area contributed by atoms with Gasteiger partial charge >= 0.3 is 0 Å². The molecule has 26 heavy (non-hydrogen) atoms. The van der Waals surface area contributed by atoms with Crippen LogP contribution in [0.25, 0.3) is 11.0 Å². The van der Waals surface area contributed by atoms with Crippen molar-refractivity contribution in [2.75, 3.05) is 13.2 Å². The zero-order valence-corrected chi connectivity index (χ0v) is 14.9. The third-order valence-electron chi connectivity index (χ3n) is 5.05. The van der Waals surface area contributed by atoms with Crippen LogP contribution in [0.5, 0.6) is 5.75 Å². The molecule has 1 aliphatic carbocycles. The molecule has 4 rings (SSSR count). The van der Waals surface area contributed by atoms with E-state index in [9.17, 15) is 5.11 Å². The number of aliphatic hydroxyl groups is 1. The van der Waals surface area contributed by atoms with Crippen LogP contribution in [0.4, 0.5) is 0 Å². The van der Waals surface area contributed by atoms with Crippen molar-refractivity contribution in [3.63, 3.8) is 0 Å². The third kappa shape index (κ3) is 3.59. The monoisotopic (exact) mass is 352 g/mol. The molecule has 0 aliphatic heterocycles. The summed E-state index contributed by atoms with van der Waals surface area (Å²) < 4.78 is 11.1. The lowest BCUT2D eigenvalue weighted by Gasteiger charge is -2.26. The van der Waals surface area contributed by atoms with Crippen molar-refractivity contribution >= 4 is 11.0 Å². The maximum absolute atomic E-state index is 10.3. The Balaban J connectivity index is 1.29. The molecule has 0 amide bonds. The van der Waals surface area contributed by atoms with Crippen LogP contribution < -0.4 is 10.1 Å². The highest BCUT2D eigenvalue weighted by Gasteiger charge is 2.19. The molecular formula is C21H24N2O3. The van der Waals surface area contributed by atoms with Crippen LogP contribution in [-0.4, -0.2) is 35.6 Å². The first-order valence-electron chi connectivity index (χ1n) is 9.16. The summed E-state index contributed by atoms with van der Waals surface area (Å²) in [6.07, 6.45) is 2.64. The van der Waals surface area contributed by atoms with E-state index in [1.54, 1.807) is 0 Å². The number of nitrogens with one attached hydrogen (secondary N) is 1. The second kappa shape index (κ2) is 7.48. The molecule has 2 N–H and O–H groups in total. The van der Waals surface area contributed by atoms with Crippen LogP contribution in [0.1, 0.15) is 23.2 Å². The summed E-state index contributed by atoms with van der Waals surface area (Å²) in [7, 11) is 0. The van der Waals surface area contributed by atoms with Crippen molar-refractivity contribution in [2.24, 2.45) is 0 Å². The third-order valence-corrected chi connectivity index (χ3v) is 5.05. The summed E-state index contributed by atoms with van der Waals surface area (Å²) in [6, 6.07) is 14.6. The van der Waals surface area contributed by atoms with E-state index in [1.807, 2.05) is 25.1 Å². The van der Waals surface area contributed by atoms with Gasteiger partial charge in [-0.15, -0.1) is 0 Å². The van der Waals surface area contributed by atoms with E-state index in [4.69, 9.17) is 9.26 Å². The molecular weight excluding hydrogens is 328 g/mol. The first kappa shape index (κ1) is 17.1. The summed E-state index contributed by atoms with van der Waals surface area (Å²) in [4.78, 5) is 0. The van der Waals surface area contributed by atoms with Crippen LogP contribution in [0, 0.1) is 6.92 Å². The van der Waals surface area contributed by atoms with Gasteiger partial charge in [0.05, 0.1) is 11.1 Å². The predicted octanol–water partition coefficient (Wildman–Crippen LogP) is 3.02. The number of aromatic nitrogens is 1. The zero-order chi connectivity index (χ0) is 17.9. The van der Waals surface area contributed by atoms with Gasteiger partial charge < -0.3 is 19.7 Å². The van der Waals surface area contributed by atoms with E-state index in [0.29, 0.717) is 23.9 Å². The van der Waals surface area contributed by atoms with Gasteiger partial charge in [0.25, 0.3) is 0 Å². The smallest absolute Gasteiger partial charge is 0.170 e. The van der Waals surface area contributed by atoms with E-state index in [-0.39, 0.29) is 6.61 Å². The van der Waals surface area contributed by atoms with Gasteiger partial charge in [-0.2, -0.15) is 0 Å². The highest BCUT2D eigenvalue weighted by Crippen LogP contribution is 2.28. The summed E-state index contributed by atoms with van der Waals surface area (Å²) >= 11 is 0. The number of aryl methyl sites for hydroxylation is 2. The van der Waals surface area contributed by atoms with E-state index in [1.165, 1.54) is 11.1 Å². The molecule has 2 unspecified atom stereocenters. The average molecular weight is 352 g/mol. The van der Waals surface area contributed by atoms with Gasteiger partial charge in [-0.05, 0) is 49.4 Å². The molecule has 0 fully saturated rings. The molecule has 1 aliphatic rings. The quantitative estimate of drug-likeness (QED) is 0.714. The first-order valence-corrected chi connectivity index (χ1v) is 9.16. The second-order valence-corrected chi connectivity index (χ2v) is 6.98. The molecule has 2 aromatic carbocycles. The Kier molecular flexibility index (Phi) is 4.91. The van der Waals surface area contributed by atoms with Crippen molar-refractivity contribution in [1.29, 1.82) is 0 Å². The van der Waals surface area contributed by atoms with Gasteiger partial charge in [-0.25, -0.2) is 0 Å².